The van der Waals surface area contributed by atoms with E-state index in [0.717, 1.165) is 40.8 Å². The Morgan fingerprint density at radius 3 is 2.94 bits per heavy atom. The highest BCUT2D eigenvalue weighted by Gasteiger charge is 2.24. The SMILES string of the molecule is CCCN(c1ncc(Br)cc1Br)C1CCNC1. The van der Waals surface area contributed by atoms with Crippen molar-refractivity contribution >= 4 is 37.7 Å². The highest BCUT2D eigenvalue weighted by atomic mass is 79.9. The number of anilines is 1. The highest BCUT2D eigenvalue weighted by Crippen LogP contribution is 2.29. The lowest BCUT2D eigenvalue weighted by Crippen LogP contribution is -2.38. The summed E-state index contributed by atoms with van der Waals surface area (Å²) in [6.45, 7) is 5.44. The Morgan fingerprint density at radius 1 is 1.53 bits per heavy atom. The minimum absolute atomic E-state index is 0.569. The molecular formula is C12H17Br2N3. The van der Waals surface area contributed by atoms with Gasteiger partial charge in [0.05, 0.1) is 4.47 Å². The van der Waals surface area contributed by atoms with Gasteiger partial charge in [-0.1, -0.05) is 6.92 Å². The minimum atomic E-state index is 0.569. The summed E-state index contributed by atoms with van der Waals surface area (Å²) >= 11 is 7.05. The molecule has 1 saturated heterocycles. The van der Waals surface area contributed by atoms with Gasteiger partial charge >= 0.3 is 0 Å². The van der Waals surface area contributed by atoms with E-state index in [-0.39, 0.29) is 0 Å². The van der Waals surface area contributed by atoms with Gasteiger partial charge in [0, 0.05) is 29.8 Å². The van der Waals surface area contributed by atoms with E-state index in [2.05, 4.69) is 60.1 Å². The van der Waals surface area contributed by atoms with E-state index in [1.807, 2.05) is 6.20 Å². The first-order chi connectivity index (χ1) is 8.22. The molecule has 0 aliphatic carbocycles. The van der Waals surface area contributed by atoms with E-state index < -0.39 is 0 Å². The second-order valence-corrected chi connectivity index (χ2v) is 6.07. The molecule has 0 amide bonds. The summed E-state index contributed by atoms with van der Waals surface area (Å²) in [6.07, 6.45) is 4.20. The highest BCUT2D eigenvalue weighted by molar-refractivity contribution is 9.11. The van der Waals surface area contributed by atoms with Gasteiger partial charge in [-0.25, -0.2) is 4.98 Å². The monoisotopic (exact) mass is 361 g/mol. The molecule has 17 heavy (non-hydrogen) atoms. The smallest absolute Gasteiger partial charge is 0.143 e. The van der Waals surface area contributed by atoms with Crippen LogP contribution in [-0.4, -0.2) is 30.7 Å². The fourth-order valence-electron chi connectivity index (χ4n) is 2.23. The molecule has 1 aliphatic rings. The number of nitrogens with zero attached hydrogens (tertiary/aromatic N) is 2. The van der Waals surface area contributed by atoms with E-state index in [1.54, 1.807) is 0 Å². The summed E-state index contributed by atoms with van der Waals surface area (Å²) in [6, 6.07) is 2.63. The first-order valence-electron chi connectivity index (χ1n) is 6.00. The molecule has 0 aromatic carbocycles. The van der Waals surface area contributed by atoms with Gasteiger partial charge < -0.3 is 10.2 Å². The zero-order chi connectivity index (χ0) is 12.3. The average molecular weight is 363 g/mol. The second-order valence-electron chi connectivity index (χ2n) is 4.30. The van der Waals surface area contributed by atoms with Crippen LogP contribution >= 0.6 is 31.9 Å². The van der Waals surface area contributed by atoms with Crippen LogP contribution in [0.25, 0.3) is 0 Å². The average Bonchev–Trinajstić information content (AvgIpc) is 2.80. The van der Waals surface area contributed by atoms with Crippen LogP contribution in [0.3, 0.4) is 0 Å². The number of pyridine rings is 1. The topological polar surface area (TPSA) is 28.2 Å². The molecule has 1 fully saturated rings. The Hall–Kier alpha value is -0.130. The molecule has 1 unspecified atom stereocenters. The van der Waals surface area contributed by atoms with Crippen LogP contribution in [0.2, 0.25) is 0 Å². The van der Waals surface area contributed by atoms with Crippen molar-refractivity contribution in [3.05, 3.63) is 21.2 Å². The number of halogens is 2. The Labute approximate surface area is 119 Å². The number of hydrogen-bond donors (Lipinski definition) is 1. The molecule has 2 heterocycles. The maximum atomic E-state index is 4.55. The Kier molecular flexibility index (Phi) is 4.82. The lowest BCUT2D eigenvalue weighted by molar-refractivity contribution is 0.617. The van der Waals surface area contributed by atoms with Gasteiger partial charge in [0.1, 0.15) is 5.82 Å². The predicted molar refractivity (Wildman–Crippen MR) is 78.5 cm³/mol. The molecule has 1 atom stereocenters. The van der Waals surface area contributed by atoms with Crippen molar-refractivity contribution in [1.29, 1.82) is 0 Å². The fraction of sp³-hybridized carbons (Fsp3) is 0.583. The second kappa shape index (κ2) is 6.16. The van der Waals surface area contributed by atoms with Gasteiger partial charge in [-0.15, -0.1) is 0 Å². The van der Waals surface area contributed by atoms with Crippen molar-refractivity contribution in [2.45, 2.75) is 25.8 Å². The molecule has 1 N–H and O–H groups in total. The normalized spacial score (nSPS) is 19.6. The number of rotatable bonds is 4. The van der Waals surface area contributed by atoms with Crippen LogP contribution in [0, 0.1) is 0 Å². The third-order valence-electron chi connectivity index (χ3n) is 3.00. The quantitative estimate of drug-likeness (QED) is 0.891. The molecule has 0 spiro atoms. The van der Waals surface area contributed by atoms with Crippen molar-refractivity contribution in [3.8, 4) is 0 Å². The summed E-state index contributed by atoms with van der Waals surface area (Å²) in [5.41, 5.74) is 0. The van der Waals surface area contributed by atoms with Gasteiger partial charge in [-0.05, 0) is 57.3 Å². The summed E-state index contributed by atoms with van der Waals surface area (Å²) in [5.74, 6) is 1.06. The zero-order valence-electron chi connectivity index (χ0n) is 9.92. The molecule has 1 aliphatic heterocycles. The molecule has 0 radical (unpaired) electrons. The van der Waals surface area contributed by atoms with Crippen LogP contribution in [0.15, 0.2) is 21.2 Å². The number of nitrogens with one attached hydrogen (secondary N) is 1. The van der Waals surface area contributed by atoms with E-state index >= 15 is 0 Å². The van der Waals surface area contributed by atoms with Gasteiger partial charge in [-0.3, -0.25) is 0 Å². The van der Waals surface area contributed by atoms with Crippen LogP contribution in [0.5, 0.6) is 0 Å². The Bertz CT molecular complexity index is 378. The van der Waals surface area contributed by atoms with Gasteiger partial charge in [0.25, 0.3) is 0 Å². The van der Waals surface area contributed by atoms with E-state index in [4.69, 9.17) is 0 Å². The van der Waals surface area contributed by atoms with Crippen LogP contribution in [0.1, 0.15) is 19.8 Å². The van der Waals surface area contributed by atoms with Gasteiger partial charge in [0.2, 0.25) is 0 Å². The summed E-state index contributed by atoms with van der Waals surface area (Å²) in [4.78, 5) is 6.96. The summed E-state index contributed by atoms with van der Waals surface area (Å²) < 4.78 is 2.07. The number of aromatic nitrogens is 1. The van der Waals surface area contributed by atoms with Crippen LogP contribution in [-0.2, 0) is 0 Å². The van der Waals surface area contributed by atoms with E-state index in [0.29, 0.717) is 6.04 Å². The van der Waals surface area contributed by atoms with Crippen molar-refractivity contribution in [2.24, 2.45) is 0 Å². The maximum absolute atomic E-state index is 4.55. The molecule has 2 rings (SSSR count). The third-order valence-corrected chi connectivity index (χ3v) is 4.02. The Morgan fingerprint density at radius 2 is 2.35 bits per heavy atom. The van der Waals surface area contributed by atoms with Crippen LogP contribution in [0.4, 0.5) is 5.82 Å². The molecular weight excluding hydrogens is 346 g/mol. The Balaban J connectivity index is 2.24. The molecule has 0 bridgehead atoms. The minimum Gasteiger partial charge on any atom is -0.351 e. The molecule has 0 saturated carbocycles. The molecule has 94 valence electrons. The van der Waals surface area contributed by atoms with Crippen molar-refractivity contribution in [3.63, 3.8) is 0 Å². The molecule has 1 aromatic heterocycles. The van der Waals surface area contributed by atoms with Crippen molar-refractivity contribution in [1.82, 2.24) is 10.3 Å². The fourth-order valence-corrected chi connectivity index (χ4v) is 3.44. The lowest BCUT2D eigenvalue weighted by Gasteiger charge is -2.30. The first kappa shape index (κ1) is 13.3. The standard InChI is InChI=1S/C12H17Br2N3/c1-2-5-17(10-3-4-15-8-10)12-11(14)6-9(13)7-16-12/h6-7,10,15H,2-5,8H2,1H3. The van der Waals surface area contributed by atoms with Gasteiger partial charge in [0.15, 0.2) is 0 Å². The first-order valence-corrected chi connectivity index (χ1v) is 7.59. The lowest BCUT2D eigenvalue weighted by atomic mass is 10.2. The molecule has 1 aromatic rings. The zero-order valence-corrected chi connectivity index (χ0v) is 13.1. The maximum Gasteiger partial charge on any atom is 0.143 e. The predicted octanol–water partition coefficient (Wildman–Crippen LogP) is 3.18. The van der Waals surface area contributed by atoms with E-state index in [9.17, 15) is 0 Å². The van der Waals surface area contributed by atoms with Crippen molar-refractivity contribution < 1.29 is 0 Å². The molecule has 5 heteroatoms. The summed E-state index contributed by atoms with van der Waals surface area (Å²) in [5, 5.41) is 3.42. The number of hydrogen-bond acceptors (Lipinski definition) is 3. The summed E-state index contributed by atoms with van der Waals surface area (Å²) in [7, 11) is 0. The van der Waals surface area contributed by atoms with Crippen molar-refractivity contribution in [2.75, 3.05) is 24.5 Å². The third kappa shape index (κ3) is 3.20. The van der Waals surface area contributed by atoms with E-state index in [1.165, 1.54) is 6.42 Å². The van der Waals surface area contributed by atoms with Gasteiger partial charge in [-0.2, -0.15) is 0 Å². The molecule has 3 nitrogen and oxygen atoms in total. The van der Waals surface area contributed by atoms with Crippen LogP contribution < -0.4 is 10.2 Å². The largest absolute Gasteiger partial charge is 0.351 e.